The molecule has 0 aliphatic carbocycles. The van der Waals surface area contributed by atoms with Crippen LogP contribution >= 0.6 is 0 Å². The topological polar surface area (TPSA) is 95.9 Å². The normalized spacial score (nSPS) is 13.1. The molecule has 0 aromatic heterocycles. The van der Waals surface area contributed by atoms with Crippen LogP contribution in [0.25, 0.3) is 0 Å². The molecule has 0 bridgehead atoms. The summed E-state index contributed by atoms with van der Waals surface area (Å²) < 4.78 is 19.4. The fraction of sp³-hybridized carbons (Fsp3) is 0.273. The molecule has 7 heteroatoms. The van der Waals surface area contributed by atoms with Crippen molar-refractivity contribution in [3.05, 3.63) is 71.6 Å². The maximum atomic E-state index is 13.8. The van der Waals surface area contributed by atoms with Gasteiger partial charge < -0.3 is 14.9 Å². The van der Waals surface area contributed by atoms with E-state index in [1.54, 1.807) is 12.1 Å². The summed E-state index contributed by atoms with van der Waals surface area (Å²) >= 11 is 0. The number of rotatable bonds is 8. The van der Waals surface area contributed by atoms with Crippen LogP contribution in [-0.4, -0.2) is 22.3 Å². The highest BCUT2D eigenvalue weighted by Gasteiger charge is 2.24. The molecule has 0 heterocycles. The lowest BCUT2D eigenvalue weighted by molar-refractivity contribution is -0.131. The Labute approximate surface area is 168 Å². The van der Waals surface area contributed by atoms with Crippen molar-refractivity contribution in [1.82, 2.24) is 0 Å². The summed E-state index contributed by atoms with van der Waals surface area (Å²) in [4.78, 5) is 23.0. The lowest BCUT2D eigenvalue weighted by atomic mass is 9.93. The quantitative estimate of drug-likeness (QED) is 0.529. The Balaban J connectivity index is 2.14. The minimum Gasteiger partial charge on any atom is -0.505 e. The van der Waals surface area contributed by atoms with Crippen molar-refractivity contribution >= 4 is 17.7 Å². The molecule has 2 rings (SSSR count). The van der Waals surface area contributed by atoms with Crippen LogP contribution in [0.1, 0.15) is 37.0 Å². The molecule has 0 fully saturated rings. The highest BCUT2D eigenvalue weighted by molar-refractivity contribution is 5.84. The third-order valence-electron chi connectivity index (χ3n) is 4.40. The summed E-state index contributed by atoms with van der Waals surface area (Å²) in [5.74, 6) is -2.58. The molecule has 0 spiro atoms. The van der Waals surface area contributed by atoms with Crippen LogP contribution < -0.4 is 5.32 Å². The number of nitrogens with one attached hydrogen (secondary N) is 1. The largest absolute Gasteiger partial charge is 0.505 e. The van der Waals surface area contributed by atoms with Crippen LogP contribution in [-0.2, 0) is 9.53 Å². The van der Waals surface area contributed by atoms with E-state index >= 15 is 0 Å². The number of carbonyl (C=O) groups is 2. The summed E-state index contributed by atoms with van der Waals surface area (Å²) in [7, 11) is 0. The Morgan fingerprint density at radius 1 is 1.21 bits per heavy atom. The van der Waals surface area contributed by atoms with Crippen LogP contribution in [0.15, 0.2) is 54.6 Å². The van der Waals surface area contributed by atoms with Gasteiger partial charge in [0.05, 0.1) is 0 Å². The van der Waals surface area contributed by atoms with Gasteiger partial charge in [-0.15, -0.1) is 0 Å². The number of carboxylic acids is 1. The Hall–Kier alpha value is -3.35. The maximum Gasteiger partial charge on any atom is 0.412 e. The minimum absolute atomic E-state index is 0.235. The number of halogens is 1. The molecular weight excluding hydrogens is 377 g/mol. The van der Waals surface area contributed by atoms with E-state index in [1.807, 2.05) is 26.0 Å². The monoisotopic (exact) mass is 401 g/mol. The van der Waals surface area contributed by atoms with Gasteiger partial charge >= 0.3 is 12.1 Å². The fourth-order valence-corrected chi connectivity index (χ4v) is 2.81. The van der Waals surface area contributed by atoms with Crippen molar-refractivity contribution in [1.29, 1.82) is 0 Å². The van der Waals surface area contributed by atoms with Crippen LogP contribution in [0.5, 0.6) is 5.75 Å². The average molecular weight is 401 g/mol. The van der Waals surface area contributed by atoms with Crippen LogP contribution in [0.4, 0.5) is 14.9 Å². The number of anilines is 1. The molecule has 3 N–H and O–H groups in total. The highest BCUT2D eigenvalue weighted by atomic mass is 19.1. The van der Waals surface area contributed by atoms with Gasteiger partial charge in [0, 0.05) is 11.8 Å². The Morgan fingerprint density at radius 3 is 2.52 bits per heavy atom. The zero-order valence-corrected chi connectivity index (χ0v) is 16.3. The molecule has 0 radical (unpaired) electrons. The van der Waals surface area contributed by atoms with Crippen LogP contribution in [0.2, 0.25) is 0 Å². The van der Waals surface area contributed by atoms with Crippen molar-refractivity contribution in [2.24, 2.45) is 5.92 Å². The predicted molar refractivity (Wildman–Crippen MR) is 107 cm³/mol. The van der Waals surface area contributed by atoms with Gasteiger partial charge in [-0.05, 0) is 55.5 Å². The highest BCUT2D eigenvalue weighted by Crippen LogP contribution is 2.32. The zero-order valence-electron chi connectivity index (χ0n) is 16.3. The second kappa shape index (κ2) is 10.3. The number of aromatic hydroxyl groups is 1. The number of benzene rings is 2. The van der Waals surface area contributed by atoms with Gasteiger partial charge in [-0.1, -0.05) is 36.8 Å². The molecule has 2 atom stereocenters. The standard InChI is InChI=1S/C22H24FNO5/c1-14-7-10-17(11-8-14)24-22(28)29-21(15(2)5-3-4-6-20(26)27)16-9-12-19(25)18(23)13-16/h4,6-13,15,21,25H,3,5H2,1-2H3,(H,24,28)(H,26,27)/b6-4+/t15-,21-/m0/s1. The lowest BCUT2D eigenvalue weighted by Gasteiger charge is -2.25. The minimum atomic E-state index is -1.04. The molecule has 29 heavy (non-hydrogen) atoms. The second-order valence-electron chi connectivity index (χ2n) is 6.82. The van der Waals surface area contributed by atoms with E-state index in [0.717, 1.165) is 17.7 Å². The Bertz CT molecular complexity index is 879. The smallest absolute Gasteiger partial charge is 0.412 e. The van der Waals surface area contributed by atoms with Crippen molar-refractivity contribution in [2.45, 2.75) is 32.8 Å². The van der Waals surface area contributed by atoms with E-state index in [4.69, 9.17) is 9.84 Å². The summed E-state index contributed by atoms with van der Waals surface area (Å²) in [5.41, 5.74) is 2.01. The number of aryl methyl sites for hydroxylation is 1. The van der Waals surface area contributed by atoms with Crippen molar-refractivity contribution < 1.29 is 28.9 Å². The van der Waals surface area contributed by atoms with Gasteiger partial charge in [-0.2, -0.15) is 0 Å². The first-order valence-electron chi connectivity index (χ1n) is 9.18. The molecule has 1 amide bonds. The van der Waals surface area contributed by atoms with Crippen molar-refractivity contribution in [3.8, 4) is 5.75 Å². The molecule has 6 nitrogen and oxygen atoms in total. The summed E-state index contributed by atoms with van der Waals surface area (Å²) in [5, 5.41) is 20.7. The number of carboxylic acid groups (broad SMARTS) is 1. The van der Waals surface area contributed by atoms with Crippen LogP contribution in [0, 0.1) is 18.7 Å². The summed E-state index contributed by atoms with van der Waals surface area (Å²) in [6, 6.07) is 11.0. The Kier molecular flexibility index (Phi) is 7.77. The van der Waals surface area contributed by atoms with E-state index in [0.29, 0.717) is 24.1 Å². The van der Waals surface area contributed by atoms with E-state index in [1.165, 1.54) is 18.2 Å². The van der Waals surface area contributed by atoms with Crippen molar-refractivity contribution in [3.63, 3.8) is 0 Å². The Morgan fingerprint density at radius 2 is 1.90 bits per heavy atom. The molecule has 154 valence electrons. The molecule has 0 aliphatic heterocycles. The first kappa shape index (κ1) is 21.9. The van der Waals surface area contributed by atoms with Gasteiger partial charge in [0.2, 0.25) is 0 Å². The molecule has 0 aliphatic rings. The van der Waals surface area contributed by atoms with E-state index in [9.17, 15) is 19.1 Å². The molecule has 0 saturated heterocycles. The second-order valence-corrected chi connectivity index (χ2v) is 6.82. The number of ether oxygens (including phenoxy) is 1. The summed E-state index contributed by atoms with van der Waals surface area (Å²) in [6.07, 6.45) is 2.04. The van der Waals surface area contributed by atoms with Gasteiger partial charge in [0.25, 0.3) is 0 Å². The number of hydrogen-bond donors (Lipinski definition) is 3. The lowest BCUT2D eigenvalue weighted by Crippen LogP contribution is -2.22. The SMILES string of the molecule is Cc1ccc(NC(=O)O[C@H](c2ccc(O)c(F)c2)[C@@H](C)CC/C=C/C(=O)O)cc1. The zero-order chi connectivity index (χ0) is 21.4. The van der Waals surface area contributed by atoms with Crippen LogP contribution in [0.3, 0.4) is 0 Å². The molecule has 0 unspecified atom stereocenters. The predicted octanol–water partition coefficient (Wildman–Crippen LogP) is 5.19. The van der Waals surface area contributed by atoms with E-state index < -0.39 is 29.7 Å². The van der Waals surface area contributed by atoms with E-state index in [2.05, 4.69) is 5.32 Å². The first-order chi connectivity index (χ1) is 13.8. The number of aliphatic carboxylic acids is 1. The molecule has 2 aromatic carbocycles. The molecule has 2 aromatic rings. The fourth-order valence-electron chi connectivity index (χ4n) is 2.81. The van der Waals surface area contributed by atoms with Gasteiger partial charge in [-0.3, -0.25) is 5.32 Å². The average Bonchev–Trinajstić information content (AvgIpc) is 2.67. The van der Waals surface area contributed by atoms with Crippen molar-refractivity contribution in [2.75, 3.05) is 5.32 Å². The molecular formula is C22H24FNO5. The maximum absolute atomic E-state index is 13.8. The third-order valence-corrected chi connectivity index (χ3v) is 4.40. The third kappa shape index (κ3) is 6.95. The number of amides is 1. The number of hydrogen-bond acceptors (Lipinski definition) is 4. The molecule has 0 saturated carbocycles. The number of allylic oxidation sites excluding steroid dienone is 1. The number of carbonyl (C=O) groups excluding carboxylic acids is 1. The summed E-state index contributed by atoms with van der Waals surface area (Å²) in [6.45, 7) is 3.75. The number of phenols is 1. The van der Waals surface area contributed by atoms with Gasteiger partial charge in [0.15, 0.2) is 11.6 Å². The van der Waals surface area contributed by atoms with Gasteiger partial charge in [-0.25, -0.2) is 14.0 Å². The number of phenolic OH excluding ortho intramolecular Hbond substituents is 1. The first-order valence-corrected chi connectivity index (χ1v) is 9.18. The van der Waals surface area contributed by atoms with E-state index in [-0.39, 0.29) is 5.92 Å². The van der Waals surface area contributed by atoms with Gasteiger partial charge in [0.1, 0.15) is 6.10 Å².